The zero-order chi connectivity index (χ0) is 21.6. The largest absolute Gasteiger partial charge is 0.352 e. The van der Waals surface area contributed by atoms with Gasteiger partial charge >= 0.3 is 0 Å². The summed E-state index contributed by atoms with van der Waals surface area (Å²) in [4.78, 5) is 22.2. The molecule has 10 heteroatoms. The second-order valence-corrected chi connectivity index (χ2v) is 9.08. The standard InChI is InChI=1S/C19H22ClN3O5S/c1-14(8-9-15-6-4-3-5-7-15)21-19(24)13-22(2)29(27,28)16-10-11-17(20)18(12-16)23(25)26/h3-7,10-12,14H,8-9,13H2,1-2H3,(H,21,24)/t14-/m0/s1. The van der Waals surface area contributed by atoms with Gasteiger partial charge in [0.15, 0.2) is 0 Å². The fourth-order valence-electron chi connectivity index (χ4n) is 2.68. The fraction of sp³-hybridized carbons (Fsp3) is 0.316. The first-order chi connectivity index (χ1) is 13.6. The molecule has 0 fully saturated rings. The van der Waals surface area contributed by atoms with E-state index in [0.717, 1.165) is 28.4 Å². The van der Waals surface area contributed by atoms with Gasteiger partial charge in [-0.2, -0.15) is 4.31 Å². The van der Waals surface area contributed by atoms with Gasteiger partial charge in [0, 0.05) is 19.2 Å². The predicted octanol–water partition coefficient (Wildman–Crippen LogP) is 3.01. The number of amides is 1. The summed E-state index contributed by atoms with van der Waals surface area (Å²) in [5, 5.41) is 13.6. The molecule has 156 valence electrons. The first kappa shape index (κ1) is 22.8. The monoisotopic (exact) mass is 439 g/mol. The summed E-state index contributed by atoms with van der Waals surface area (Å²) in [5.74, 6) is -0.458. The minimum Gasteiger partial charge on any atom is -0.352 e. The summed E-state index contributed by atoms with van der Waals surface area (Å²) in [6, 6.07) is 12.9. The zero-order valence-corrected chi connectivity index (χ0v) is 17.6. The van der Waals surface area contributed by atoms with Crippen molar-refractivity contribution in [3.8, 4) is 0 Å². The normalized spacial score (nSPS) is 12.6. The van der Waals surface area contributed by atoms with Crippen LogP contribution >= 0.6 is 11.6 Å². The van der Waals surface area contributed by atoms with Crippen molar-refractivity contribution in [1.82, 2.24) is 9.62 Å². The molecule has 0 radical (unpaired) electrons. The van der Waals surface area contributed by atoms with Gasteiger partial charge in [0.25, 0.3) is 5.69 Å². The van der Waals surface area contributed by atoms with Crippen LogP contribution in [0.3, 0.4) is 0 Å². The maximum absolute atomic E-state index is 12.6. The fourth-order valence-corrected chi connectivity index (χ4v) is 4.01. The molecule has 2 aromatic rings. The molecule has 0 aliphatic carbocycles. The smallest absolute Gasteiger partial charge is 0.289 e. The van der Waals surface area contributed by atoms with E-state index in [-0.39, 0.29) is 16.0 Å². The lowest BCUT2D eigenvalue weighted by Gasteiger charge is -2.19. The van der Waals surface area contributed by atoms with Crippen molar-refractivity contribution in [2.45, 2.75) is 30.7 Å². The Balaban J connectivity index is 1.97. The van der Waals surface area contributed by atoms with E-state index in [4.69, 9.17) is 11.6 Å². The Bertz CT molecular complexity index is 983. The molecule has 0 unspecified atom stereocenters. The van der Waals surface area contributed by atoms with E-state index in [0.29, 0.717) is 6.42 Å². The average Bonchev–Trinajstić information content (AvgIpc) is 2.67. The van der Waals surface area contributed by atoms with Crippen LogP contribution < -0.4 is 5.32 Å². The van der Waals surface area contributed by atoms with Crippen molar-refractivity contribution in [1.29, 1.82) is 0 Å². The molecule has 29 heavy (non-hydrogen) atoms. The number of halogens is 1. The van der Waals surface area contributed by atoms with Crippen molar-refractivity contribution >= 4 is 33.2 Å². The van der Waals surface area contributed by atoms with Crippen LogP contribution in [0, 0.1) is 10.1 Å². The van der Waals surface area contributed by atoms with E-state index in [1.165, 1.54) is 13.1 Å². The highest BCUT2D eigenvalue weighted by molar-refractivity contribution is 7.89. The molecule has 0 aromatic heterocycles. The molecule has 8 nitrogen and oxygen atoms in total. The van der Waals surface area contributed by atoms with Crippen molar-refractivity contribution in [2.24, 2.45) is 0 Å². The summed E-state index contributed by atoms with van der Waals surface area (Å²) in [6.45, 7) is 1.44. The lowest BCUT2D eigenvalue weighted by molar-refractivity contribution is -0.384. The molecule has 2 aromatic carbocycles. The quantitative estimate of drug-likeness (QED) is 0.477. The molecular weight excluding hydrogens is 418 g/mol. The van der Waals surface area contributed by atoms with Crippen LogP contribution in [0.1, 0.15) is 18.9 Å². The van der Waals surface area contributed by atoms with E-state index in [1.807, 2.05) is 37.3 Å². The average molecular weight is 440 g/mol. The number of carbonyl (C=O) groups is 1. The Morgan fingerprint density at radius 1 is 1.24 bits per heavy atom. The van der Waals surface area contributed by atoms with Crippen molar-refractivity contribution < 1.29 is 18.1 Å². The summed E-state index contributed by atoms with van der Waals surface area (Å²) < 4.78 is 26.1. The van der Waals surface area contributed by atoms with Gasteiger partial charge in [-0.15, -0.1) is 0 Å². The maximum atomic E-state index is 12.6. The van der Waals surface area contributed by atoms with Gasteiger partial charge < -0.3 is 5.32 Å². The highest BCUT2D eigenvalue weighted by Crippen LogP contribution is 2.28. The Morgan fingerprint density at radius 2 is 1.90 bits per heavy atom. The molecule has 1 atom stereocenters. The molecule has 0 saturated heterocycles. The number of nitrogens with one attached hydrogen (secondary N) is 1. The van der Waals surface area contributed by atoms with Crippen molar-refractivity contribution in [3.05, 3.63) is 69.2 Å². The molecule has 0 bridgehead atoms. The summed E-state index contributed by atoms with van der Waals surface area (Å²) in [6.07, 6.45) is 1.49. The number of hydrogen-bond donors (Lipinski definition) is 1. The number of nitrogens with zero attached hydrogens (tertiary/aromatic N) is 2. The molecule has 0 spiro atoms. The zero-order valence-electron chi connectivity index (χ0n) is 16.0. The molecule has 0 heterocycles. The first-order valence-electron chi connectivity index (χ1n) is 8.85. The SMILES string of the molecule is C[C@@H](CCc1ccccc1)NC(=O)CN(C)S(=O)(=O)c1ccc(Cl)c([N+](=O)[O-])c1. The van der Waals surface area contributed by atoms with E-state index in [9.17, 15) is 23.3 Å². The number of benzene rings is 2. The van der Waals surface area contributed by atoms with E-state index in [2.05, 4.69) is 5.32 Å². The lowest BCUT2D eigenvalue weighted by Crippen LogP contribution is -2.41. The van der Waals surface area contributed by atoms with E-state index in [1.54, 1.807) is 0 Å². The number of sulfonamides is 1. The minimum absolute atomic E-state index is 0.143. The number of likely N-dealkylation sites (N-methyl/N-ethyl adjacent to an activating group) is 1. The van der Waals surface area contributed by atoms with Gasteiger partial charge in [0.2, 0.25) is 15.9 Å². The van der Waals surface area contributed by atoms with E-state index >= 15 is 0 Å². The van der Waals surface area contributed by atoms with Crippen LogP contribution in [0.15, 0.2) is 53.4 Å². The topological polar surface area (TPSA) is 110 Å². The van der Waals surface area contributed by atoms with Crippen molar-refractivity contribution in [3.63, 3.8) is 0 Å². The number of aryl methyl sites for hydroxylation is 1. The number of carbonyl (C=O) groups excluding carboxylic acids is 1. The van der Waals surface area contributed by atoms with Crippen LogP contribution in [-0.2, 0) is 21.2 Å². The molecule has 2 rings (SSSR count). The van der Waals surface area contributed by atoms with E-state index < -0.39 is 33.1 Å². The third-order valence-corrected chi connectivity index (χ3v) is 6.42. The third-order valence-electron chi connectivity index (χ3n) is 4.30. The highest BCUT2D eigenvalue weighted by atomic mass is 35.5. The van der Waals surface area contributed by atoms with Crippen LogP contribution in [0.25, 0.3) is 0 Å². The van der Waals surface area contributed by atoms with Gasteiger partial charge in [0.1, 0.15) is 5.02 Å². The number of rotatable bonds is 9. The molecule has 1 N–H and O–H groups in total. The van der Waals surface area contributed by atoms with Gasteiger partial charge in [-0.25, -0.2) is 8.42 Å². The molecular formula is C19H22ClN3O5S. The first-order valence-corrected chi connectivity index (χ1v) is 10.7. The van der Waals surface area contributed by atoms with Crippen LogP contribution in [0.4, 0.5) is 5.69 Å². The summed E-state index contributed by atoms with van der Waals surface area (Å²) in [5.41, 5.74) is 0.637. The Hall–Kier alpha value is -2.49. The Labute approximate surface area is 174 Å². The van der Waals surface area contributed by atoms with Gasteiger partial charge in [-0.3, -0.25) is 14.9 Å². The summed E-state index contributed by atoms with van der Waals surface area (Å²) in [7, 11) is -2.85. The number of nitro groups is 1. The molecule has 0 saturated carbocycles. The maximum Gasteiger partial charge on any atom is 0.289 e. The Morgan fingerprint density at radius 3 is 2.52 bits per heavy atom. The second-order valence-electron chi connectivity index (χ2n) is 6.62. The third kappa shape index (κ3) is 6.25. The predicted molar refractivity (Wildman–Crippen MR) is 110 cm³/mol. The van der Waals surface area contributed by atoms with Crippen LogP contribution in [0.5, 0.6) is 0 Å². The second kappa shape index (κ2) is 9.82. The van der Waals surface area contributed by atoms with Crippen LogP contribution in [-0.4, -0.2) is 43.2 Å². The highest BCUT2D eigenvalue weighted by Gasteiger charge is 2.26. The lowest BCUT2D eigenvalue weighted by atomic mass is 10.1. The van der Waals surface area contributed by atoms with Gasteiger partial charge in [-0.1, -0.05) is 41.9 Å². The molecule has 0 aliphatic rings. The van der Waals surface area contributed by atoms with Gasteiger partial charge in [-0.05, 0) is 37.5 Å². The number of hydrogen-bond acceptors (Lipinski definition) is 5. The summed E-state index contributed by atoms with van der Waals surface area (Å²) >= 11 is 5.72. The molecule has 1 amide bonds. The van der Waals surface area contributed by atoms with Gasteiger partial charge in [0.05, 0.1) is 16.4 Å². The van der Waals surface area contributed by atoms with Crippen molar-refractivity contribution in [2.75, 3.05) is 13.6 Å². The minimum atomic E-state index is -4.09. The number of nitro benzene ring substituents is 1. The molecule has 0 aliphatic heterocycles. The Kier molecular flexibility index (Phi) is 7.72. The van der Waals surface area contributed by atoms with Crippen LogP contribution in [0.2, 0.25) is 5.02 Å².